The molecule has 0 aromatic heterocycles. The molecule has 0 aliphatic heterocycles. The van der Waals surface area contributed by atoms with Crippen molar-refractivity contribution in [2.45, 2.75) is 0 Å². The third-order valence-corrected chi connectivity index (χ3v) is 3.25. The molecule has 2 aromatic rings. The number of benzene rings is 2. The molecule has 0 atom stereocenters. The topological polar surface area (TPSA) is 32.7 Å². The van der Waals surface area contributed by atoms with Crippen LogP contribution in [0.25, 0.3) is 0 Å². The summed E-state index contributed by atoms with van der Waals surface area (Å²) in [5, 5.41) is 6.40. The molecule has 1 aliphatic carbocycles. The van der Waals surface area contributed by atoms with Crippen LogP contribution in [0.5, 0.6) is 0 Å². The summed E-state index contributed by atoms with van der Waals surface area (Å²) in [4.78, 5) is 11.8. The van der Waals surface area contributed by atoms with Crippen LogP contribution < -0.4 is 5.01 Å². The first kappa shape index (κ1) is 12.4. The number of rotatable bonds is 2. The smallest absolute Gasteiger partial charge is 0.186 e. The fraction of sp³-hybridized carbons (Fsp3) is 0.0588. The summed E-state index contributed by atoms with van der Waals surface area (Å²) in [7, 11) is 1.90. The van der Waals surface area contributed by atoms with Gasteiger partial charge in [0.25, 0.3) is 0 Å². The molecule has 3 heteroatoms. The number of anilines is 1. The normalized spacial score (nSPS) is 15.2. The number of hydrazone groups is 1. The van der Waals surface area contributed by atoms with Crippen LogP contribution in [0.1, 0.15) is 15.9 Å². The highest BCUT2D eigenvalue weighted by molar-refractivity contribution is 6.24. The molecule has 0 bridgehead atoms. The Kier molecular flexibility index (Phi) is 3.17. The summed E-state index contributed by atoms with van der Waals surface area (Å²) in [6, 6.07) is 17.5. The third-order valence-electron chi connectivity index (χ3n) is 3.25. The van der Waals surface area contributed by atoms with E-state index in [-0.39, 0.29) is 5.78 Å². The Balaban J connectivity index is 2.00. The first-order valence-corrected chi connectivity index (χ1v) is 6.45. The lowest BCUT2D eigenvalue weighted by molar-refractivity contribution is 0.104. The summed E-state index contributed by atoms with van der Waals surface area (Å²) in [6.45, 7) is 0. The molecule has 3 rings (SSSR count). The second-order valence-corrected chi connectivity index (χ2v) is 4.59. The fourth-order valence-corrected chi connectivity index (χ4v) is 2.21. The average Bonchev–Trinajstić information content (AvgIpc) is 2.51. The van der Waals surface area contributed by atoms with Crippen LogP contribution in [-0.4, -0.2) is 18.5 Å². The number of para-hydroxylation sites is 1. The van der Waals surface area contributed by atoms with E-state index in [2.05, 4.69) is 5.10 Å². The SMILES string of the molecule is CN(/N=C1\C=CC(=O)c2ccccc21)c1ccccc1. The number of allylic oxidation sites excluding steroid dienone is 2. The molecule has 0 N–H and O–H groups in total. The first-order chi connectivity index (χ1) is 9.75. The minimum atomic E-state index is 0.0296. The molecule has 0 unspecified atom stereocenters. The molecule has 3 nitrogen and oxygen atoms in total. The molecule has 0 heterocycles. The van der Waals surface area contributed by atoms with E-state index in [4.69, 9.17) is 0 Å². The molecule has 0 spiro atoms. The van der Waals surface area contributed by atoms with Crippen molar-refractivity contribution in [3.8, 4) is 0 Å². The largest absolute Gasteiger partial charge is 0.289 e. The molecule has 2 aromatic carbocycles. The number of carbonyl (C=O) groups is 1. The second-order valence-electron chi connectivity index (χ2n) is 4.59. The molecule has 0 radical (unpaired) electrons. The van der Waals surface area contributed by atoms with Gasteiger partial charge in [-0.3, -0.25) is 9.80 Å². The molecular formula is C17H14N2O. The van der Waals surface area contributed by atoms with E-state index >= 15 is 0 Å². The number of nitrogens with zero attached hydrogens (tertiary/aromatic N) is 2. The van der Waals surface area contributed by atoms with Crippen molar-refractivity contribution in [2.75, 3.05) is 12.1 Å². The molecule has 0 saturated carbocycles. The van der Waals surface area contributed by atoms with Crippen molar-refractivity contribution in [1.29, 1.82) is 0 Å². The molecule has 0 fully saturated rings. The predicted molar refractivity (Wildman–Crippen MR) is 81.3 cm³/mol. The molecule has 1 aliphatic rings. The van der Waals surface area contributed by atoms with E-state index in [9.17, 15) is 4.79 Å². The predicted octanol–water partition coefficient (Wildman–Crippen LogP) is 3.28. The minimum Gasteiger partial charge on any atom is -0.289 e. The van der Waals surface area contributed by atoms with Crippen molar-refractivity contribution in [3.05, 3.63) is 77.9 Å². The van der Waals surface area contributed by atoms with Crippen molar-refractivity contribution >= 4 is 17.2 Å². The lowest BCUT2D eigenvalue weighted by Gasteiger charge is -2.17. The van der Waals surface area contributed by atoms with Crippen LogP contribution in [0.3, 0.4) is 0 Å². The Morgan fingerprint density at radius 3 is 2.25 bits per heavy atom. The lowest BCUT2D eigenvalue weighted by Crippen LogP contribution is -2.17. The summed E-state index contributed by atoms with van der Waals surface area (Å²) in [5.74, 6) is 0.0296. The van der Waals surface area contributed by atoms with Gasteiger partial charge in [0.15, 0.2) is 5.78 Å². The van der Waals surface area contributed by atoms with Crippen molar-refractivity contribution in [1.82, 2.24) is 0 Å². The maximum Gasteiger partial charge on any atom is 0.186 e. The van der Waals surface area contributed by atoms with Crippen LogP contribution in [0.2, 0.25) is 0 Å². The van der Waals surface area contributed by atoms with Crippen molar-refractivity contribution in [3.63, 3.8) is 0 Å². The molecule has 0 saturated heterocycles. The molecule has 20 heavy (non-hydrogen) atoms. The highest BCUT2D eigenvalue weighted by atomic mass is 16.1. The summed E-state index contributed by atoms with van der Waals surface area (Å²) in [6.07, 6.45) is 3.34. The van der Waals surface area contributed by atoms with Gasteiger partial charge >= 0.3 is 0 Å². The Labute approximate surface area is 117 Å². The van der Waals surface area contributed by atoms with E-state index in [0.29, 0.717) is 5.56 Å². The van der Waals surface area contributed by atoms with Gasteiger partial charge in [0.1, 0.15) is 0 Å². The lowest BCUT2D eigenvalue weighted by atomic mass is 9.94. The van der Waals surface area contributed by atoms with Crippen LogP contribution in [0.15, 0.2) is 71.9 Å². The summed E-state index contributed by atoms with van der Waals surface area (Å²) >= 11 is 0. The Morgan fingerprint density at radius 1 is 0.850 bits per heavy atom. The van der Waals surface area contributed by atoms with E-state index in [1.165, 1.54) is 0 Å². The first-order valence-electron chi connectivity index (χ1n) is 6.45. The van der Waals surface area contributed by atoms with Gasteiger partial charge in [-0.1, -0.05) is 42.5 Å². The van der Waals surface area contributed by atoms with Crippen LogP contribution >= 0.6 is 0 Å². The van der Waals surface area contributed by atoms with Gasteiger partial charge in [-0.2, -0.15) is 5.10 Å². The van der Waals surface area contributed by atoms with Gasteiger partial charge in [-0.05, 0) is 24.3 Å². The Bertz CT molecular complexity index is 702. The third kappa shape index (κ3) is 2.26. The van der Waals surface area contributed by atoms with Crippen LogP contribution in [0, 0.1) is 0 Å². The van der Waals surface area contributed by atoms with Crippen LogP contribution in [0.4, 0.5) is 5.69 Å². The zero-order valence-electron chi connectivity index (χ0n) is 11.2. The van der Waals surface area contributed by atoms with E-state index in [1.807, 2.05) is 66.7 Å². The standard InChI is InChI=1S/C17H14N2O/c1-19(13-7-3-2-4-8-13)18-16-11-12-17(20)15-10-6-5-9-14(15)16/h2-12H,1H3/b18-16+. The number of hydrogen-bond donors (Lipinski definition) is 0. The highest BCUT2D eigenvalue weighted by Gasteiger charge is 2.17. The molecule has 0 amide bonds. The van der Waals surface area contributed by atoms with Gasteiger partial charge in [0.05, 0.1) is 11.4 Å². The second kappa shape index (κ2) is 5.13. The zero-order chi connectivity index (χ0) is 13.9. The Hall–Kier alpha value is -2.68. The Morgan fingerprint density at radius 2 is 1.50 bits per heavy atom. The van der Waals surface area contributed by atoms with E-state index in [0.717, 1.165) is 17.0 Å². The average molecular weight is 262 g/mol. The van der Waals surface area contributed by atoms with Crippen molar-refractivity contribution in [2.24, 2.45) is 5.10 Å². The number of hydrogen-bond acceptors (Lipinski definition) is 3. The quantitative estimate of drug-likeness (QED) is 0.778. The number of carbonyl (C=O) groups excluding carboxylic acids is 1. The fourth-order valence-electron chi connectivity index (χ4n) is 2.21. The molecule has 98 valence electrons. The summed E-state index contributed by atoms with van der Waals surface area (Å²) < 4.78 is 0. The van der Waals surface area contributed by atoms with Gasteiger partial charge in [-0.25, -0.2) is 0 Å². The van der Waals surface area contributed by atoms with Crippen molar-refractivity contribution < 1.29 is 4.79 Å². The molecular weight excluding hydrogens is 248 g/mol. The maximum atomic E-state index is 11.8. The van der Waals surface area contributed by atoms with Gasteiger partial charge in [-0.15, -0.1) is 0 Å². The van der Waals surface area contributed by atoms with Gasteiger partial charge in [0, 0.05) is 18.2 Å². The van der Waals surface area contributed by atoms with E-state index < -0.39 is 0 Å². The summed E-state index contributed by atoms with van der Waals surface area (Å²) in [5.41, 5.74) is 3.38. The van der Waals surface area contributed by atoms with E-state index in [1.54, 1.807) is 12.2 Å². The maximum absolute atomic E-state index is 11.8. The highest BCUT2D eigenvalue weighted by Crippen LogP contribution is 2.19. The van der Waals surface area contributed by atoms with Crippen LogP contribution in [-0.2, 0) is 0 Å². The monoisotopic (exact) mass is 262 g/mol. The van der Waals surface area contributed by atoms with Gasteiger partial charge in [0.2, 0.25) is 0 Å². The minimum absolute atomic E-state index is 0.0296. The number of fused-ring (bicyclic) bond motifs is 1. The zero-order valence-corrected chi connectivity index (χ0v) is 11.2. The van der Waals surface area contributed by atoms with Gasteiger partial charge < -0.3 is 0 Å². The number of ketones is 1.